The smallest absolute Gasteiger partial charge is 0.252 e. The molecule has 2 aromatic carbocycles. The predicted molar refractivity (Wildman–Crippen MR) is 107 cm³/mol. The second-order valence-corrected chi connectivity index (χ2v) is 6.75. The summed E-state index contributed by atoms with van der Waals surface area (Å²) in [5, 5.41) is 14.5. The van der Waals surface area contributed by atoms with Gasteiger partial charge < -0.3 is 4.57 Å². The summed E-state index contributed by atoms with van der Waals surface area (Å²) in [6, 6.07) is 20.2. The molecule has 0 spiro atoms. The van der Waals surface area contributed by atoms with Gasteiger partial charge in [-0.05, 0) is 36.8 Å². The normalized spacial score (nSPS) is 11.1. The first-order chi connectivity index (χ1) is 13.7. The van der Waals surface area contributed by atoms with Crippen LogP contribution in [0.2, 0.25) is 0 Å². The standard InChI is InChI=1S/C22H16N6/c1-15-10-21(28-22(26-15)24-14-25-28)19-13-27(20-5-3-2-4-18(19)20)12-17-8-6-16(11-23)7-9-17/h2-10,13-14H,12H2,1H3. The van der Waals surface area contributed by atoms with Gasteiger partial charge in [-0.2, -0.15) is 19.9 Å². The molecule has 134 valence electrons. The molecule has 0 N–H and O–H groups in total. The van der Waals surface area contributed by atoms with Crippen molar-refractivity contribution in [2.24, 2.45) is 0 Å². The lowest BCUT2D eigenvalue weighted by atomic mass is 10.1. The van der Waals surface area contributed by atoms with E-state index in [1.54, 1.807) is 4.52 Å². The number of para-hydroxylation sites is 1. The van der Waals surface area contributed by atoms with Crippen LogP contribution >= 0.6 is 0 Å². The zero-order chi connectivity index (χ0) is 19.1. The van der Waals surface area contributed by atoms with Crippen LogP contribution in [0.1, 0.15) is 16.8 Å². The summed E-state index contributed by atoms with van der Waals surface area (Å²) in [6.45, 7) is 2.69. The van der Waals surface area contributed by atoms with E-state index in [9.17, 15) is 0 Å². The number of aryl methyl sites for hydroxylation is 1. The summed E-state index contributed by atoms with van der Waals surface area (Å²) in [6.07, 6.45) is 3.68. The Morgan fingerprint density at radius 2 is 1.89 bits per heavy atom. The highest BCUT2D eigenvalue weighted by Gasteiger charge is 2.15. The maximum atomic E-state index is 9.01. The molecule has 0 aliphatic carbocycles. The molecule has 5 aromatic rings. The topological polar surface area (TPSA) is 71.8 Å². The Hall–Kier alpha value is -3.98. The Morgan fingerprint density at radius 1 is 1.07 bits per heavy atom. The average Bonchev–Trinajstić information content (AvgIpc) is 3.33. The third-order valence-corrected chi connectivity index (χ3v) is 4.88. The maximum Gasteiger partial charge on any atom is 0.252 e. The van der Waals surface area contributed by atoms with Gasteiger partial charge in [-0.15, -0.1) is 0 Å². The van der Waals surface area contributed by atoms with Gasteiger partial charge in [0, 0.05) is 34.9 Å². The van der Waals surface area contributed by atoms with E-state index in [1.807, 2.05) is 49.4 Å². The van der Waals surface area contributed by atoms with Crippen molar-refractivity contribution in [1.29, 1.82) is 5.26 Å². The molecule has 0 bridgehead atoms. The van der Waals surface area contributed by atoms with E-state index in [2.05, 4.69) is 44.0 Å². The molecule has 0 radical (unpaired) electrons. The largest absolute Gasteiger partial charge is 0.342 e. The van der Waals surface area contributed by atoms with Gasteiger partial charge in [0.15, 0.2) is 0 Å². The summed E-state index contributed by atoms with van der Waals surface area (Å²) in [5.74, 6) is 0.596. The molecular weight excluding hydrogens is 348 g/mol. The average molecular weight is 364 g/mol. The number of nitrogens with zero attached hydrogens (tertiary/aromatic N) is 6. The van der Waals surface area contributed by atoms with E-state index in [1.165, 1.54) is 6.33 Å². The van der Waals surface area contributed by atoms with Crippen molar-refractivity contribution < 1.29 is 0 Å². The minimum Gasteiger partial charge on any atom is -0.342 e. The summed E-state index contributed by atoms with van der Waals surface area (Å²) in [4.78, 5) is 8.69. The molecule has 5 rings (SSSR count). The van der Waals surface area contributed by atoms with E-state index >= 15 is 0 Å². The molecule has 0 saturated heterocycles. The number of fused-ring (bicyclic) bond motifs is 2. The second kappa shape index (κ2) is 6.32. The fraction of sp³-hybridized carbons (Fsp3) is 0.0909. The Balaban J connectivity index is 1.68. The summed E-state index contributed by atoms with van der Waals surface area (Å²) in [5.41, 5.74) is 5.91. The van der Waals surface area contributed by atoms with Gasteiger partial charge in [0.25, 0.3) is 5.78 Å². The quantitative estimate of drug-likeness (QED) is 0.485. The van der Waals surface area contributed by atoms with Crippen LogP contribution in [0.3, 0.4) is 0 Å². The molecule has 0 fully saturated rings. The molecule has 3 aromatic heterocycles. The SMILES string of the molecule is Cc1cc(-c2cn(Cc3ccc(C#N)cc3)c3ccccc23)n2ncnc2n1. The van der Waals surface area contributed by atoms with Crippen LogP contribution in [0.15, 0.2) is 67.1 Å². The first-order valence-corrected chi connectivity index (χ1v) is 8.97. The molecule has 0 aliphatic heterocycles. The van der Waals surface area contributed by atoms with Crippen LogP contribution in [0.25, 0.3) is 27.9 Å². The van der Waals surface area contributed by atoms with Crippen molar-refractivity contribution in [3.05, 3.63) is 83.9 Å². The van der Waals surface area contributed by atoms with Gasteiger partial charge in [-0.1, -0.05) is 30.3 Å². The molecule has 0 atom stereocenters. The third-order valence-electron chi connectivity index (χ3n) is 4.88. The van der Waals surface area contributed by atoms with Crippen LogP contribution in [-0.4, -0.2) is 24.1 Å². The van der Waals surface area contributed by atoms with Gasteiger partial charge in [0.2, 0.25) is 0 Å². The Labute approximate surface area is 161 Å². The van der Waals surface area contributed by atoms with E-state index in [0.717, 1.165) is 40.0 Å². The number of nitriles is 1. The molecule has 0 amide bonds. The van der Waals surface area contributed by atoms with Crippen LogP contribution in [0.5, 0.6) is 0 Å². The van der Waals surface area contributed by atoms with Crippen molar-refractivity contribution in [2.75, 3.05) is 0 Å². The number of aromatic nitrogens is 5. The predicted octanol–water partition coefficient (Wildman–Crippen LogP) is 3.97. The molecule has 6 nitrogen and oxygen atoms in total. The van der Waals surface area contributed by atoms with Crippen molar-refractivity contribution in [3.8, 4) is 17.3 Å². The molecule has 0 saturated carbocycles. The highest BCUT2D eigenvalue weighted by Crippen LogP contribution is 2.31. The number of hydrogen-bond donors (Lipinski definition) is 0. The Morgan fingerprint density at radius 3 is 2.71 bits per heavy atom. The lowest BCUT2D eigenvalue weighted by Gasteiger charge is -2.05. The van der Waals surface area contributed by atoms with E-state index < -0.39 is 0 Å². The molecule has 3 heterocycles. The van der Waals surface area contributed by atoms with Crippen molar-refractivity contribution in [1.82, 2.24) is 24.1 Å². The molecule has 0 aliphatic rings. The van der Waals surface area contributed by atoms with Gasteiger partial charge >= 0.3 is 0 Å². The van der Waals surface area contributed by atoms with Crippen LogP contribution < -0.4 is 0 Å². The van der Waals surface area contributed by atoms with Gasteiger partial charge in [-0.25, -0.2) is 4.98 Å². The lowest BCUT2D eigenvalue weighted by Crippen LogP contribution is -1.99. The third kappa shape index (κ3) is 2.61. The first-order valence-electron chi connectivity index (χ1n) is 8.97. The lowest BCUT2D eigenvalue weighted by molar-refractivity contribution is 0.836. The zero-order valence-corrected chi connectivity index (χ0v) is 15.2. The number of rotatable bonds is 3. The Bertz CT molecular complexity index is 1350. The minimum absolute atomic E-state index is 0.596. The van der Waals surface area contributed by atoms with E-state index in [0.29, 0.717) is 11.3 Å². The van der Waals surface area contributed by atoms with Gasteiger partial charge in [-0.3, -0.25) is 0 Å². The van der Waals surface area contributed by atoms with Crippen molar-refractivity contribution in [2.45, 2.75) is 13.5 Å². The zero-order valence-electron chi connectivity index (χ0n) is 15.2. The van der Waals surface area contributed by atoms with Crippen LogP contribution in [0, 0.1) is 18.3 Å². The molecule has 6 heteroatoms. The van der Waals surface area contributed by atoms with Crippen LogP contribution in [0.4, 0.5) is 0 Å². The summed E-state index contributed by atoms with van der Waals surface area (Å²) >= 11 is 0. The first kappa shape index (κ1) is 16.2. The van der Waals surface area contributed by atoms with Crippen LogP contribution in [-0.2, 0) is 6.54 Å². The maximum absolute atomic E-state index is 9.01. The van der Waals surface area contributed by atoms with E-state index in [4.69, 9.17) is 5.26 Å². The monoisotopic (exact) mass is 364 g/mol. The van der Waals surface area contributed by atoms with Gasteiger partial charge in [0.05, 0.1) is 17.3 Å². The highest BCUT2D eigenvalue weighted by atomic mass is 15.3. The molecule has 0 unspecified atom stereocenters. The number of benzene rings is 2. The fourth-order valence-electron chi connectivity index (χ4n) is 3.59. The summed E-state index contributed by atoms with van der Waals surface area (Å²) in [7, 11) is 0. The minimum atomic E-state index is 0.596. The van der Waals surface area contributed by atoms with Gasteiger partial charge in [0.1, 0.15) is 6.33 Å². The van der Waals surface area contributed by atoms with Crippen molar-refractivity contribution >= 4 is 16.7 Å². The fourth-order valence-corrected chi connectivity index (χ4v) is 3.59. The molecular formula is C22H16N6. The molecule has 28 heavy (non-hydrogen) atoms. The second-order valence-electron chi connectivity index (χ2n) is 6.75. The Kier molecular flexibility index (Phi) is 3.66. The summed E-state index contributed by atoms with van der Waals surface area (Å²) < 4.78 is 4.01. The van der Waals surface area contributed by atoms with Crippen molar-refractivity contribution in [3.63, 3.8) is 0 Å². The van der Waals surface area contributed by atoms with E-state index in [-0.39, 0.29) is 0 Å². The number of hydrogen-bond acceptors (Lipinski definition) is 4. The highest BCUT2D eigenvalue weighted by molar-refractivity contribution is 5.95.